The maximum absolute atomic E-state index is 10.6. The fourth-order valence-corrected chi connectivity index (χ4v) is 6.91. The summed E-state index contributed by atoms with van der Waals surface area (Å²) in [5, 5.41) is 28.9. The van der Waals surface area contributed by atoms with Gasteiger partial charge in [0, 0.05) is 36.5 Å². The SMILES string of the molecule is C=C(C)[C@@H]1CCC(C)=CC1OC.C=C1Oc2cc(CCCCC)cc(O)c2[C@@H]2C=C(C)CC[C@@H]12.CCCCCc1cc(O)cc(O)c1.[CH3-].[I][V][I]. The van der Waals surface area contributed by atoms with E-state index in [1.54, 1.807) is 19.2 Å². The molecule has 0 saturated heterocycles. The Balaban J connectivity index is 0.000000387. The first-order valence-corrected chi connectivity index (χ1v) is 27.1. The van der Waals surface area contributed by atoms with Crippen molar-refractivity contribution in [3.63, 3.8) is 0 Å². The number of phenols is 3. The molecule has 285 valence electrons. The minimum absolute atomic E-state index is 0. The summed E-state index contributed by atoms with van der Waals surface area (Å²) in [6.07, 6.45) is 18.3. The van der Waals surface area contributed by atoms with Gasteiger partial charge in [0.05, 0.1) is 6.10 Å². The van der Waals surface area contributed by atoms with Crippen LogP contribution < -0.4 is 4.74 Å². The number of aromatic hydroxyl groups is 3. The van der Waals surface area contributed by atoms with Crippen LogP contribution >= 0.6 is 40.0 Å². The molecule has 5 rings (SSSR count). The van der Waals surface area contributed by atoms with E-state index in [2.05, 4.69) is 106 Å². The van der Waals surface area contributed by atoms with Gasteiger partial charge in [-0.15, -0.1) is 0 Å². The summed E-state index contributed by atoms with van der Waals surface area (Å²) >= 11 is 4.74. The Hall–Kier alpha value is -1.40. The molecule has 8 heteroatoms. The molecule has 5 nitrogen and oxygen atoms in total. The summed E-state index contributed by atoms with van der Waals surface area (Å²) in [6.45, 7) is 18.9. The fourth-order valence-electron chi connectivity index (χ4n) is 6.91. The predicted octanol–water partition coefficient (Wildman–Crippen LogP) is 13.5. The number of hydrogen-bond acceptors (Lipinski definition) is 5. The van der Waals surface area contributed by atoms with Crippen molar-refractivity contribution in [3.8, 4) is 23.0 Å². The average molecular weight is 965 g/mol. The number of ether oxygens (including phenoxy) is 2. The molecule has 1 heterocycles. The quantitative estimate of drug-likeness (QED) is 0.0957. The van der Waals surface area contributed by atoms with E-state index in [-0.39, 0.29) is 30.9 Å². The Bertz CT molecular complexity index is 1420. The number of rotatable bonds is 10. The van der Waals surface area contributed by atoms with Crippen molar-refractivity contribution in [1.29, 1.82) is 0 Å². The van der Waals surface area contributed by atoms with Crippen molar-refractivity contribution in [2.75, 3.05) is 7.11 Å². The Morgan fingerprint density at radius 2 is 1.39 bits per heavy atom. The van der Waals surface area contributed by atoms with Crippen LogP contribution in [0.1, 0.15) is 121 Å². The van der Waals surface area contributed by atoms with Gasteiger partial charge in [-0.3, -0.25) is 0 Å². The zero-order chi connectivity index (χ0) is 37.2. The molecule has 4 atom stereocenters. The van der Waals surface area contributed by atoms with E-state index in [0.29, 0.717) is 27.1 Å². The van der Waals surface area contributed by atoms with Crippen LogP contribution in [-0.4, -0.2) is 28.5 Å². The van der Waals surface area contributed by atoms with Gasteiger partial charge in [-0.05, 0) is 108 Å². The molecule has 1 aliphatic heterocycles. The monoisotopic (exact) mass is 964 g/mol. The molecule has 2 aromatic carbocycles. The molecule has 2 aromatic rings. The summed E-state index contributed by atoms with van der Waals surface area (Å²) in [7, 11) is 2.40. The summed E-state index contributed by atoms with van der Waals surface area (Å²) in [4.78, 5) is 0. The van der Waals surface area contributed by atoms with Crippen LogP contribution in [0.2, 0.25) is 0 Å². The Labute approximate surface area is 339 Å². The van der Waals surface area contributed by atoms with E-state index < -0.39 is 0 Å². The zero-order valence-corrected chi connectivity index (χ0v) is 37.8. The van der Waals surface area contributed by atoms with E-state index in [4.69, 9.17) is 9.47 Å². The van der Waals surface area contributed by atoms with E-state index in [0.717, 1.165) is 66.7 Å². The van der Waals surface area contributed by atoms with E-state index in [1.807, 2.05) is 6.07 Å². The Morgan fingerprint density at radius 3 is 1.92 bits per heavy atom. The summed E-state index contributed by atoms with van der Waals surface area (Å²) in [5.74, 6) is 3.38. The van der Waals surface area contributed by atoms with Crippen molar-refractivity contribution in [1.82, 2.24) is 0 Å². The standard InChI is InChI=1S/C20H26O2.C11H16O2.C11H18O.CH3.2HI.V/c1-4-5-6-7-15-11-18(21)20-17-10-13(2)8-9-16(17)14(3)22-19(20)12-15;1-2-3-4-5-9-6-10(12)8-11(13)7-9;1-8(2)10-6-5-9(3)7-11(10)12-4;;;;/h10-12,16-17,21H,3-9H2,1-2H3;6-8,12-13H,2-5H2,1H3;7,10-11H,1,5-6H2,2-4H3;1H3;2*1H;/q;;;-1;;;+2/p-2/t16-,17+;;10-,11?;;;;/m0.0..../s1. The van der Waals surface area contributed by atoms with Gasteiger partial charge < -0.3 is 32.2 Å². The molecule has 3 aliphatic rings. The molecular weight excluding hydrogens is 901 g/mol. The predicted molar refractivity (Wildman–Crippen MR) is 230 cm³/mol. The molecule has 0 aromatic heterocycles. The van der Waals surface area contributed by atoms with Gasteiger partial charge in [0.2, 0.25) is 0 Å². The molecule has 0 amide bonds. The molecule has 51 heavy (non-hydrogen) atoms. The molecule has 0 spiro atoms. The van der Waals surface area contributed by atoms with Crippen LogP contribution in [0.4, 0.5) is 0 Å². The maximum atomic E-state index is 10.6. The van der Waals surface area contributed by atoms with Crippen molar-refractivity contribution in [3.05, 3.63) is 102 Å². The number of allylic oxidation sites excluding steroid dienone is 4. The third-order valence-electron chi connectivity index (χ3n) is 9.62. The molecule has 3 N–H and O–H groups in total. The van der Waals surface area contributed by atoms with Crippen LogP contribution in [0.3, 0.4) is 0 Å². The second kappa shape index (κ2) is 25.6. The van der Waals surface area contributed by atoms with Crippen molar-refractivity contribution in [2.24, 2.45) is 11.8 Å². The summed E-state index contributed by atoms with van der Waals surface area (Å²) < 4.78 is 11.4. The van der Waals surface area contributed by atoms with Gasteiger partial charge >= 0.3 is 49.4 Å². The van der Waals surface area contributed by atoms with Gasteiger partial charge in [-0.1, -0.05) is 81.6 Å². The van der Waals surface area contributed by atoms with Gasteiger partial charge in [0.1, 0.15) is 28.8 Å². The molecule has 0 radical (unpaired) electrons. The van der Waals surface area contributed by atoms with Crippen LogP contribution in [0.25, 0.3) is 0 Å². The molecular formula is C43H63I2O5V-. The first-order chi connectivity index (χ1) is 23.9. The number of unbranched alkanes of at least 4 members (excludes halogenated alkanes) is 4. The zero-order valence-electron chi connectivity index (χ0n) is 32.1. The minimum atomic E-state index is 0. The third kappa shape index (κ3) is 16.2. The number of benzene rings is 2. The van der Waals surface area contributed by atoms with Gasteiger partial charge in [0.15, 0.2) is 0 Å². The van der Waals surface area contributed by atoms with Crippen LogP contribution in [0, 0.1) is 19.3 Å². The third-order valence-corrected chi connectivity index (χ3v) is 9.62. The van der Waals surface area contributed by atoms with Crippen molar-refractivity contribution >= 4 is 40.0 Å². The van der Waals surface area contributed by atoms with E-state index in [1.165, 1.54) is 61.3 Å². The molecule has 0 fully saturated rings. The van der Waals surface area contributed by atoms with E-state index >= 15 is 0 Å². The summed E-state index contributed by atoms with van der Waals surface area (Å²) in [6, 6.07) is 8.79. The Morgan fingerprint density at radius 1 is 0.863 bits per heavy atom. The van der Waals surface area contributed by atoms with E-state index in [9.17, 15) is 15.3 Å². The van der Waals surface area contributed by atoms with Crippen LogP contribution in [0.15, 0.2) is 78.1 Å². The fraction of sp³-hybridized carbons (Fsp3) is 0.512. The number of halogens is 2. The van der Waals surface area contributed by atoms with Crippen molar-refractivity contribution < 1.29 is 34.3 Å². The molecule has 0 saturated carbocycles. The number of phenolic OH excluding ortho intramolecular Hbond substituents is 3. The number of methoxy groups -OCH3 is 1. The first-order valence-electron chi connectivity index (χ1n) is 18.1. The number of hydrogen-bond donors (Lipinski definition) is 3. The van der Waals surface area contributed by atoms with Gasteiger partial charge in [-0.2, -0.15) is 0 Å². The normalized spacial score (nSPS) is 20.0. The second-order valence-corrected chi connectivity index (χ2v) is 25.6. The van der Waals surface area contributed by atoms with Gasteiger partial charge in [-0.25, -0.2) is 0 Å². The molecule has 1 unspecified atom stereocenters. The first kappa shape index (κ1) is 47.6. The van der Waals surface area contributed by atoms with Gasteiger partial charge in [0.25, 0.3) is 0 Å². The van der Waals surface area contributed by atoms with Crippen LogP contribution in [-0.2, 0) is 27.0 Å². The van der Waals surface area contributed by atoms with Crippen molar-refractivity contribution in [2.45, 2.75) is 124 Å². The van der Waals surface area contributed by atoms with Crippen LogP contribution in [0.5, 0.6) is 23.0 Å². The second-order valence-electron chi connectivity index (χ2n) is 13.8. The Kier molecular flexibility index (Phi) is 23.9. The average Bonchev–Trinajstić information content (AvgIpc) is 3.05. The molecule has 2 aliphatic carbocycles. The topological polar surface area (TPSA) is 79.2 Å². The number of aryl methyl sites for hydroxylation is 2. The molecule has 0 bridgehead atoms. The number of fused-ring (bicyclic) bond motifs is 3. The summed E-state index contributed by atoms with van der Waals surface area (Å²) in [5.41, 5.74) is 7.20.